The van der Waals surface area contributed by atoms with Gasteiger partial charge in [-0.3, -0.25) is 29.5 Å². The zero-order valence-corrected chi connectivity index (χ0v) is 24.4. The molecule has 2 aromatic heterocycles. The maximum Gasteiger partial charge on any atom is 0.408 e. The summed E-state index contributed by atoms with van der Waals surface area (Å²) in [5.41, 5.74) is 2.56. The second kappa shape index (κ2) is 10.7. The van der Waals surface area contributed by atoms with Crippen LogP contribution in [0.3, 0.4) is 0 Å². The minimum absolute atomic E-state index is 0.0370. The molecule has 0 bridgehead atoms. The largest absolute Gasteiger partial charge is 0.465 e. The van der Waals surface area contributed by atoms with Gasteiger partial charge in [-0.2, -0.15) is 10.2 Å². The molecule has 2 aromatic rings. The molecule has 226 valence electrons. The average molecular weight is 581 g/mol. The Bertz CT molecular complexity index is 1350. The predicted molar refractivity (Wildman–Crippen MR) is 151 cm³/mol. The Hall–Kier alpha value is -3.90. The zero-order valence-electron chi connectivity index (χ0n) is 24.4. The molecule has 4 heterocycles. The Labute approximate surface area is 244 Å². The van der Waals surface area contributed by atoms with Crippen LogP contribution in [0.4, 0.5) is 4.79 Å². The summed E-state index contributed by atoms with van der Waals surface area (Å²) in [5.74, 6) is 1.32. The Morgan fingerprint density at radius 3 is 1.71 bits per heavy atom. The summed E-state index contributed by atoms with van der Waals surface area (Å²) in [5, 5.41) is 26.4. The van der Waals surface area contributed by atoms with Crippen molar-refractivity contribution in [2.24, 2.45) is 5.92 Å². The van der Waals surface area contributed by atoms with Crippen molar-refractivity contribution in [1.82, 2.24) is 40.4 Å². The predicted octanol–water partition coefficient (Wildman–Crippen LogP) is 2.53. The minimum atomic E-state index is -0.944. The molecule has 13 heteroatoms. The van der Waals surface area contributed by atoms with Gasteiger partial charge in [0, 0.05) is 60.9 Å². The number of carbonyl (C=O) groups is 4. The number of hydrogen-bond donors (Lipinski definition) is 4. The highest BCUT2D eigenvalue weighted by molar-refractivity contribution is 5.94. The second-order valence-electron chi connectivity index (χ2n) is 13.3. The van der Waals surface area contributed by atoms with Gasteiger partial charge in [0.05, 0.1) is 12.1 Å². The normalized spacial score (nSPS) is 20.6. The Morgan fingerprint density at radius 2 is 1.31 bits per heavy atom. The molecule has 2 saturated heterocycles. The Balaban J connectivity index is 0.000000151. The van der Waals surface area contributed by atoms with Crippen molar-refractivity contribution in [1.29, 1.82) is 0 Å². The third-order valence-corrected chi connectivity index (χ3v) is 8.57. The van der Waals surface area contributed by atoms with Crippen LogP contribution in [0.2, 0.25) is 0 Å². The third kappa shape index (κ3) is 6.14. The van der Waals surface area contributed by atoms with Gasteiger partial charge in [0.1, 0.15) is 11.4 Å². The number of rotatable bonds is 7. The lowest BCUT2D eigenvalue weighted by Gasteiger charge is -2.48. The summed E-state index contributed by atoms with van der Waals surface area (Å²) in [6, 6.07) is 3.67. The molecule has 7 rings (SSSR count). The van der Waals surface area contributed by atoms with Crippen molar-refractivity contribution < 1.29 is 24.3 Å². The first-order chi connectivity index (χ1) is 20.0. The van der Waals surface area contributed by atoms with Crippen molar-refractivity contribution in [2.45, 2.75) is 88.8 Å². The number of aromatic nitrogens is 4. The van der Waals surface area contributed by atoms with Gasteiger partial charge < -0.3 is 20.2 Å². The molecule has 0 atom stereocenters. The van der Waals surface area contributed by atoms with E-state index in [-0.39, 0.29) is 35.7 Å². The smallest absolute Gasteiger partial charge is 0.408 e. The van der Waals surface area contributed by atoms with Gasteiger partial charge in [-0.05, 0) is 71.4 Å². The number of H-pyrrole nitrogens is 2. The van der Waals surface area contributed by atoms with Crippen molar-refractivity contribution in [3.63, 3.8) is 0 Å². The summed E-state index contributed by atoms with van der Waals surface area (Å²) in [7, 11) is 0. The van der Waals surface area contributed by atoms with Crippen LogP contribution < -0.4 is 5.32 Å². The molecular weight excluding hydrogens is 540 g/mol. The van der Waals surface area contributed by atoms with Crippen LogP contribution in [0, 0.1) is 5.92 Å². The molecule has 0 radical (unpaired) electrons. The molecule has 5 fully saturated rings. The van der Waals surface area contributed by atoms with E-state index in [1.165, 1.54) is 17.7 Å². The number of carboxylic acid groups (broad SMARTS) is 1. The summed E-state index contributed by atoms with van der Waals surface area (Å²) in [6.45, 7) is 7.64. The Morgan fingerprint density at radius 1 is 0.833 bits per heavy atom. The average Bonchev–Trinajstić information content (AvgIpc) is 3.79. The van der Waals surface area contributed by atoms with Gasteiger partial charge in [-0.1, -0.05) is 0 Å². The molecular formula is C29H40N8O5. The summed E-state index contributed by atoms with van der Waals surface area (Å²) in [4.78, 5) is 52.4. The topological polar surface area (TPSA) is 168 Å². The maximum absolute atomic E-state index is 12.3. The van der Waals surface area contributed by atoms with Crippen LogP contribution in [0.5, 0.6) is 0 Å². The molecule has 2 aliphatic heterocycles. The summed E-state index contributed by atoms with van der Waals surface area (Å²) >= 11 is 0. The van der Waals surface area contributed by atoms with Crippen molar-refractivity contribution in [3.8, 4) is 0 Å². The van der Waals surface area contributed by atoms with E-state index in [1.807, 2.05) is 32.9 Å². The van der Waals surface area contributed by atoms with Crippen LogP contribution >= 0.6 is 0 Å². The first kappa shape index (κ1) is 28.2. The van der Waals surface area contributed by atoms with E-state index in [2.05, 4.69) is 25.7 Å². The van der Waals surface area contributed by atoms with Crippen LogP contribution in [0.1, 0.15) is 103 Å². The van der Waals surface area contributed by atoms with Crippen LogP contribution in [0.25, 0.3) is 0 Å². The number of carbonyl (C=O) groups excluding carboxylic acids is 3. The van der Waals surface area contributed by atoms with Gasteiger partial charge in [-0.25, -0.2) is 4.79 Å². The fourth-order valence-corrected chi connectivity index (χ4v) is 5.60. The molecule has 3 saturated carbocycles. The van der Waals surface area contributed by atoms with E-state index in [1.54, 1.807) is 9.80 Å². The number of nitrogens with one attached hydrogen (secondary N) is 3. The number of aromatic amines is 2. The number of amides is 4. The van der Waals surface area contributed by atoms with Gasteiger partial charge in [0.25, 0.3) is 11.8 Å². The zero-order chi connectivity index (χ0) is 29.8. The lowest BCUT2D eigenvalue weighted by atomic mass is 9.98. The lowest BCUT2D eigenvalue weighted by Crippen LogP contribution is -2.66. The molecule has 0 spiro atoms. The first-order valence-electron chi connectivity index (χ1n) is 15.0. The second-order valence-corrected chi connectivity index (χ2v) is 13.3. The molecule has 3 aliphatic carbocycles. The molecule has 4 N–H and O–H groups in total. The molecule has 0 unspecified atom stereocenters. The molecule has 0 aromatic carbocycles. The van der Waals surface area contributed by atoms with E-state index in [4.69, 9.17) is 0 Å². The molecule has 4 amide bonds. The Kier molecular flexibility index (Phi) is 7.22. The standard InChI is InChI=1S/C15H22N4O3.C14H18N4O2/c1-15(2,3)19(14(21)22)10-7-18(8-10)13(20)12-6-11(16-17-12)9-4-5-9;19-13(9-3-4-9)15-10-6-18(7-10)14(20)12-5-11(16-17-12)8-1-2-8/h6,9-10H,4-5,7-8H2,1-3H3,(H,16,17)(H,21,22);5,8-10H,1-4,6-7H2,(H,15,19)(H,16,17). The highest BCUT2D eigenvalue weighted by Crippen LogP contribution is 2.40. The minimum Gasteiger partial charge on any atom is -0.465 e. The maximum atomic E-state index is 12.3. The third-order valence-electron chi connectivity index (χ3n) is 8.57. The van der Waals surface area contributed by atoms with Crippen LogP contribution in [0.15, 0.2) is 12.1 Å². The van der Waals surface area contributed by atoms with Gasteiger partial charge in [0.15, 0.2) is 0 Å². The summed E-state index contributed by atoms with van der Waals surface area (Å²) in [6.07, 6.45) is 5.77. The highest BCUT2D eigenvalue weighted by atomic mass is 16.4. The molecule has 5 aliphatic rings. The SMILES string of the molecule is CC(C)(C)N(C(=O)O)C1CN(C(=O)c2cc(C3CC3)[nH]n2)C1.O=C(NC1CN(C(=O)c2cc(C3CC3)[nH]n2)C1)C1CC1. The van der Waals surface area contributed by atoms with Crippen molar-refractivity contribution >= 4 is 23.8 Å². The quantitative estimate of drug-likeness (QED) is 0.390. The number of likely N-dealkylation sites (tertiary alicyclic amines) is 2. The van der Waals surface area contributed by atoms with E-state index >= 15 is 0 Å². The molecule has 42 heavy (non-hydrogen) atoms. The van der Waals surface area contributed by atoms with Crippen LogP contribution in [-0.4, -0.2) is 108 Å². The highest BCUT2D eigenvalue weighted by Gasteiger charge is 2.43. The molecule has 13 nitrogen and oxygen atoms in total. The van der Waals surface area contributed by atoms with Gasteiger partial charge in [-0.15, -0.1) is 0 Å². The van der Waals surface area contributed by atoms with E-state index in [0.717, 1.165) is 37.1 Å². The fourth-order valence-electron chi connectivity index (χ4n) is 5.60. The van der Waals surface area contributed by atoms with Gasteiger partial charge >= 0.3 is 6.09 Å². The first-order valence-corrected chi connectivity index (χ1v) is 15.0. The van der Waals surface area contributed by atoms with Gasteiger partial charge in [0.2, 0.25) is 5.91 Å². The van der Waals surface area contributed by atoms with E-state index < -0.39 is 11.6 Å². The van der Waals surface area contributed by atoms with E-state index in [9.17, 15) is 24.3 Å². The fraction of sp³-hybridized carbons (Fsp3) is 0.655. The van der Waals surface area contributed by atoms with E-state index in [0.29, 0.717) is 49.4 Å². The summed E-state index contributed by atoms with van der Waals surface area (Å²) < 4.78 is 0. The van der Waals surface area contributed by atoms with Crippen molar-refractivity contribution in [2.75, 3.05) is 26.2 Å². The van der Waals surface area contributed by atoms with Crippen molar-refractivity contribution in [3.05, 3.63) is 34.9 Å². The lowest BCUT2D eigenvalue weighted by molar-refractivity contribution is -0.123. The number of hydrogen-bond acceptors (Lipinski definition) is 6. The van der Waals surface area contributed by atoms with Crippen LogP contribution in [-0.2, 0) is 4.79 Å². The monoisotopic (exact) mass is 580 g/mol. The number of nitrogens with zero attached hydrogens (tertiary/aromatic N) is 5.